The number of nitrogens with zero attached hydrogens (tertiary/aromatic N) is 2. The second-order valence-corrected chi connectivity index (χ2v) is 7.37. The van der Waals surface area contributed by atoms with Gasteiger partial charge in [-0.15, -0.1) is 0 Å². The van der Waals surface area contributed by atoms with Gasteiger partial charge in [0.15, 0.2) is 6.10 Å². The molecule has 0 saturated heterocycles. The fourth-order valence-electron chi connectivity index (χ4n) is 3.00. The van der Waals surface area contributed by atoms with E-state index in [1.54, 1.807) is 14.0 Å². The van der Waals surface area contributed by atoms with E-state index < -0.39 is 18.0 Å². The van der Waals surface area contributed by atoms with E-state index in [2.05, 4.69) is 10.4 Å². The Morgan fingerprint density at radius 3 is 2.42 bits per heavy atom. The molecule has 0 fully saturated rings. The van der Waals surface area contributed by atoms with Crippen molar-refractivity contribution < 1.29 is 19.1 Å². The molecule has 1 N–H and O–H groups in total. The highest BCUT2D eigenvalue weighted by Gasteiger charge is 2.25. The van der Waals surface area contributed by atoms with Gasteiger partial charge in [-0.1, -0.05) is 54.1 Å². The first kappa shape index (κ1) is 22.4. The van der Waals surface area contributed by atoms with Gasteiger partial charge in [0.25, 0.3) is 5.91 Å². The fourth-order valence-corrected chi connectivity index (χ4v) is 3.31. The van der Waals surface area contributed by atoms with Gasteiger partial charge < -0.3 is 14.8 Å². The summed E-state index contributed by atoms with van der Waals surface area (Å²) in [5.74, 6) is -0.360. The van der Waals surface area contributed by atoms with Crippen LogP contribution in [0.3, 0.4) is 0 Å². The van der Waals surface area contributed by atoms with Crippen LogP contribution < -0.4 is 10.1 Å². The third kappa shape index (κ3) is 5.64. The SMILES string of the molecule is COc1ccc(CNC(=O)[C@@H](C)OC(=O)c2c(C)nn(Cc3ccccc3)c2Cl)cc1. The van der Waals surface area contributed by atoms with Crippen LogP contribution >= 0.6 is 11.6 Å². The minimum absolute atomic E-state index is 0.160. The van der Waals surface area contributed by atoms with Gasteiger partial charge in [0.1, 0.15) is 16.5 Å². The molecule has 1 aromatic heterocycles. The van der Waals surface area contributed by atoms with Gasteiger partial charge in [-0.25, -0.2) is 9.48 Å². The van der Waals surface area contributed by atoms with Crippen molar-refractivity contribution in [3.05, 3.63) is 82.1 Å². The smallest absolute Gasteiger partial charge is 0.343 e. The number of ether oxygens (including phenoxy) is 2. The van der Waals surface area contributed by atoms with E-state index >= 15 is 0 Å². The topological polar surface area (TPSA) is 82.4 Å². The number of aromatic nitrogens is 2. The zero-order valence-corrected chi connectivity index (χ0v) is 18.3. The van der Waals surface area contributed by atoms with Crippen LogP contribution in [-0.2, 0) is 22.6 Å². The van der Waals surface area contributed by atoms with Crippen LogP contribution in [0.2, 0.25) is 5.15 Å². The predicted molar refractivity (Wildman–Crippen MR) is 117 cm³/mol. The van der Waals surface area contributed by atoms with Crippen molar-refractivity contribution in [2.75, 3.05) is 7.11 Å². The lowest BCUT2D eigenvalue weighted by atomic mass is 10.2. The number of benzene rings is 2. The standard InChI is InChI=1S/C23H24ClN3O4/c1-15-20(21(24)27(26-15)14-18-7-5-4-6-8-18)23(29)31-16(2)22(28)25-13-17-9-11-19(30-3)12-10-17/h4-12,16H,13-14H2,1-3H3,(H,25,28)/t16-/m1/s1. The van der Waals surface area contributed by atoms with Crippen LogP contribution in [0, 0.1) is 6.92 Å². The lowest BCUT2D eigenvalue weighted by Gasteiger charge is -2.14. The Bertz CT molecular complexity index is 1050. The van der Waals surface area contributed by atoms with E-state index in [0.717, 1.165) is 16.9 Å². The molecular formula is C23H24ClN3O4. The van der Waals surface area contributed by atoms with Gasteiger partial charge in [-0.3, -0.25) is 4.79 Å². The number of halogens is 1. The van der Waals surface area contributed by atoms with Crippen molar-refractivity contribution in [3.8, 4) is 5.75 Å². The zero-order chi connectivity index (χ0) is 22.4. The molecule has 3 aromatic rings. The molecule has 162 valence electrons. The molecule has 3 rings (SSSR count). The van der Waals surface area contributed by atoms with Gasteiger partial charge in [0.2, 0.25) is 0 Å². The van der Waals surface area contributed by atoms with E-state index in [1.165, 1.54) is 11.6 Å². The highest BCUT2D eigenvalue weighted by molar-refractivity contribution is 6.32. The van der Waals surface area contributed by atoms with Crippen molar-refractivity contribution in [1.29, 1.82) is 0 Å². The molecule has 1 amide bonds. The second-order valence-electron chi connectivity index (χ2n) is 7.01. The van der Waals surface area contributed by atoms with Crippen molar-refractivity contribution in [1.82, 2.24) is 15.1 Å². The summed E-state index contributed by atoms with van der Waals surface area (Å²) in [6.45, 7) is 3.92. The summed E-state index contributed by atoms with van der Waals surface area (Å²) in [6.07, 6.45) is -0.987. The number of amides is 1. The number of esters is 1. The first-order chi connectivity index (χ1) is 14.9. The number of aryl methyl sites for hydroxylation is 1. The summed E-state index contributed by atoms with van der Waals surface area (Å²) in [5, 5.41) is 7.27. The van der Waals surface area contributed by atoms with Crippen LogP contribution in [0.1, 0.15) is 34.1 Å². The maximum Gasteiger partial charge on any atom is 0.343 e. The molecule has 1 atom stereocenters. The van der Waals surface area contributed by atoms with E-state index in [-0.39, 0.29) is 10.7 Å². The Hall–Kier alpha value is -3.32. The van der Waals surface area contributed by atoms with E-state index in [9.17, 15) is 9.59 Å². The number of carbonyl (C=O) groups excluding carboxylic acids is 2. The highest BCUT2D eigenvalue weighted by atomic mass is 35.5. The lowest BCUT2D eigenvalue weighted by Crippen LogP contribution is -2.35. The Balaban J connectivity index is 1.60. The first-order valence-electron chi connectivity index (χ1n) is 9.77. The molecule has 0 aliphatic heterocycles. The third-order valence-electron chi connectivity index (χ3n) is 4.72. The molecule has 0 radical (unpaired) electrons. The molecule has 0 saturated carbocycles. The van der Waals surface area contributed by atoms with Crippen LogP contribution in [0.25, 0.3) is 0 Å². The molecule has 7 nitrogen and oxygen atoms in total. The maximum atomic E-state index is 12.7. The van der Waals surface area contributed by atoms with Crippen molar-refractivity contribution in [3.63, 3.8) is 0 Å². The molecule has 0 bridgehead atoms. The van der Waals surface area contributed by atoms with Crippen molar-refractivity contribution >= 4 is 23.5 Å². The van der Waals surface area contributed by atoms with Gasteiger partial charge in [0, 0.05) is 6.54 Å². The van der Waals surface area contributed by atoms with Gasteiger partial charge >= 0.3 is 5.97 Å². The summed E-state index contributed by atoms with van der Waals surface area (Å²) >= 11 is 6.39. The van der Waals surface area contributed by atoms with Gasteiger partial charge in [-0.2, -0.15) is 5.10 Å². The van der Waals surface area contributed by atoms with Crippen molar-refractivity contribution in [2.45, 2.75) is 33.0 Å². The monoisotopic (exact) mass is 441 g/mol. The predicted octanol–water partition coefficient (Wildman–Crippen LogP) is 3.76. The van der Waals surface area contributed by atoms with Gasteiger partial charge in [0.05, 0.1) is 19.3 Å². The Labute approximate surface area is 185 Å². The zero-order valence-electron chi connectivity index (χ0n) is 17.6. The Morgan fingerprint density at radius 1 is 1.10 bits per heavy atom. The molecule has 8 heteroatoms. The van der Waals surface area contributed by atoms with E-state index in [0.29, 0.717) is 18.8 Å². The summed E-state index contributed by atoms with van der Waals surface area (Å²) in [4.78, 5) is 25.0. The number of hydrogen-bond donors (Lipinski definition) is 1. The largest absolute Gasteiger partial charge is 0.497 e. The molecule has 1 heterocycles. The lowest BCUT2D eigenvalue weighted by molar-refractivity contribution is -0.129. The highest BCUT2D eigenvalue weighted by Crippen LogP contribution is 2.22. The summed E-state index contributed by atoms with van der Waals surface area (Å²) < 4.78 is 12.0. The molecule has 2 aromatic carbocycles. The molecule has 0 aliphatic carbocycles. The minimum atomic E-state index is -0.987. The second kappa shape index (κ2) is 10.1. The Morgan fingerprint density at radius 2 is 1.77 bits per heavy atom. The quantitative estimate of drug-likeness (QED) is 0.538. The first-order valence-corrected chi connectivity index (χ1v) is 10.1. The average molecular weight is 442 g/mol. The maximum absolute atomic E-state index is 12.7. The van der Waals surface area contributed by atoms with Crippen LogP contribution in [-0.4, -0.2) is 34.9 Å². The normalized spacial score (nSPS) is 11.6. The summed E-state index contributed by atoms with van der Waals surface area (Å²) in [5.41, 5.74) is 2.50. The van der Waals surface area contributed by atoms with Crippen molar-refractivity contribution in [2.24, 2.45) is 0 Å². The molecule has 31 heavy (non-hydrogen) atoms. The van der Waals surface area contributed by atoms with Crippen LogP contribution in [0.5, 0.6) is 5.75 Å². The van der Waals surface area contributed by atoms with Crippen LogP contribution in [0.15, 0.2) is 54.6 Å². The third-order valence-corrected chi connectivity index (χ3v) is 5.11. The fraction of sp³-hybridized carbons (Fsp3) is 0.261. The number of nitrogens with one attached hydrogen (secondary N) is 1. The molecular weight excluding hydrogens is 418 g/mol. The molecule has 0 unspecified atom stereocenters. The number of methoxy groups -OCH3 is 1. The summed E-state index contributed by atoms with van der Waals surface area (Å²) in [6, 6.07) is 17.0. The molecule has 0 aliphatic rings. The number of rotatable bonds is 8. The van der Waals surface area contributed by atoms with E-state index in [4.69, 9.17) is 21.1 Å². The number of hydrogen-bond acceptors (Lipinski definition) is 5. The van der Waals surface area contributed by atoms with Gasteiger partial charge in [-0.05, 0) is 37.1 Å². The molecule has 0 spiro atoms. The Kier molecular flexibility index (Phi) is 7.31. The average Bonchev–Trinajstić information content (AvgIpc) is 3.05. The summed E-state index contributed by atoms with van der Waals surface area (Å²) in [7, 11) is 1.59. The van der Waals surface area contributed by atoms with E-state index in [1.807, 2.05) is 54.6 Å². The minimum Gasteiger partial charge on any atom is -0.497 e. The van der Waals surface area contributed by atoms with Crippen LogP contribution in [0.4, 0.5) is 0 Å². The number of carbonyl (C=O) groups is 2.